The SMILES string of the molecule is CCCC(CCNc1nc(C)ns1)CCC(=O)O. The van der Waals surface area contributed by atoms with Crippen molar-refractivity contribution in [1.82, 2.24) is 9.36 Å². The van der Waals surface area contributed by atoms with Crippen LogP contribution < -0.4 is 5.32 Å². The second-order valence-corrected chi connectivity index (χ2v) is 5.20. The predicted octanol–water partition coefficient (Wildman–Crippen LogP) is 2.93. The first-order chi connectivity index (χ1) is 8.61. The molecule has 5 nitrogen and oxygen atoms in total. The summed E-state index contributed by atoms with van der Waals surface area (Å²) in [5.74, 6) is 0.565. The first-order valence-electron chi connectivity index (χ1n) is 6.37. The molecule has 18 heavy (non-hydrogen) atoms. The van der Waals surface area contributed by atoms with E-state index in [1.54, 1.807) is 0 Å². The number of hydrogen-bond acceptors (Lipinski definition) is 5. The van der Waals surface area contributed by atoms with E-state index in [-0.39, 0.29) is 6.42 Å². The van der Waals surface area contributed by atoms with E-state index < -0.39 is 5.97 Å². The summed E-state index contributed by atoms with van der Waals surface area (Å²) in [6.07, 6.45) is 4.20. The van der Waals surface area contributed by atoms with Crippen molar-refractivity contribution in [2.75, 3.05) is 11.9 Å². The Morgan fingerprint density at radius 2 is 2.22 bits per heavy atom. The van der Waals surface area contributed by atoms with E-state index in [4.69, 9.17) is 5.11 Å². The summed E-state index contributed by atoms with van der Waals surface area (Å²) in [6.45, 7) is 4.84. The lowest BCUT2D eigenvalue weighted by Crippen LogP contribution is -2.11. The Bertz CT molecular complexity index is 368. The molecule has 0 aliphatic heterocycles. The van der Waals surface area contributed by atoms with Crippen molar-refractivity contribution in [3.05, 3.63) is 5.82 Å². The number of nitrogens with zero attached hydrogens (tertiary/aromatic N) is 2. The molecule has 0 radical (unpaired) electrons. The summed E-state index contributed by atoms with van der Waals surface area (Å²) >= 11 is 1.37. The van der Waals surface area contributed by atoms with Crippen LogP contribution in [0.15, 0.2) is 0 Å². The van der Waals surface area contributed by atoms with Gasteiger partial charge in [0.05, 0.1) is 0 Å². The lowest BCUT2D eigenvalue weighted by Gasteiger charge is -2.14. The van der Waals surface area contributed by atoms with Crippen LogP contribution in [0.25, 0.3) is 0 Å². The third-order valence-corrected chi connectivity index (χ3v) is 3.58. The summed E-state index contributed by atoms with van der Waals surface area (Å²) in [5, 5.41) is 12.8. The van der Waals surface area contributed by atoms with Gasteiger partial charge in [0, 0.05) is 24.5 Å². The molecule has 1 atom stereocenters. The van der Waals surface area contributed by atoms with E-state index >= 15 is 0 Å². The van der Waals surface area contributed by atoms with Gasteiger partial charge in [0.2, 0.25) is 5.13 Å². The Hall–Kier alpha value is -1.17. The predicted molar refractivity (Wildman–Crippen MR) is 73.0 cm³/mol. The molecule has 0 amide bonds. The summed E-state index contributed by atoms with van der Waals surface area (Å²) in [7, 11) is 0. The molecule has 6 heteroatoms. The van der Waals surface area contributed by atoms with Gasteiger partial charge >= 0.3 is 5.97 Å². The van der Waals surface area contributed by atoms with Gasteiger partial charge in [-0.15, -0.1) is 0 Å². The lowest BCUT2D eigenvalue weighted by atomic mass is 9.94. The van der Waals surface area contributed by atoms with Crippen LogP contribution in [0.5, 0.6) is 0 Å². The summed E-state index contributed by atoms with van der Waals surface area (Å²) in [4.78, 5) is 14.8. The molecule has 0 spiro atoms. The van der Waals surface area contributed by atoms with E-state index in [0.29, 0.717) is 5.92 Å². The average Bonchev–Trinajstić information content (AvgIpc) is 2.72. The van der Waals surface area contributed by atoms with Crippen molar-refractivity contribution in [3.63, 3.8) is 0 Å². The fourth-order valence-corrected chi connectivity index (χ4v) is 2.52. The minimum absolute atomic E-state index is 0.266. The van der Waals surface area contributed by atoms with Gasteiger partial charge in [0.1, 0.15) is 5.82 Å². The van der Waals surface area contributed by atoms with Crippen molar-refractivity contribution in [2.45, 2.75) is 46.0 Å². The van der Waals surface area contributed by atoms with Gasteiger partial charge in [-0.3, -0.25) is 4.79 Å². The Morgan fingerprint density at radius 3 is 2.78 bits per heavy atom. The van der Waals surface area contributed by atoms with Crippen molar-refractivity contribution in [3.8, 4) is 0 Å². The maximum Gasteiger partial charge on any atom is 0.303 e. The summed E-state index contributed by atoms with van der Waals surface area (Å²) < 4.78 is 4.10. The van der Waals surface area contributed by atoms with E-state index in [9.17, 15) is 4.79 Å². The average molecular weight is 271 g/mol. The van der Waals surface area contributed by atoms with Crippen LogP contribution in [0.1, 0.15) is 44.9 Å². The molecule has 102 valence electrons. The smallest absolute Gasteiger partial charge is 0.303 e. The maximum atomic E-state index is 10.6. The van der Waals surface area contributed by atoms with Crippen LogP contribution in [0.3, 0.4) is 0 Å². The van der Waals surface area contributed by atoms with E-state index in [2.05, 4.69) is 21.6 Å². The Morgan fingerprint density at radius 1 is 1.44 bits per heavy atom. The van der Waals surface area contributed by atoms with Crippen LogP contribution in [0.2, 0.25) is 0 Å². The zero-order chi connectivity index (χ0) is 13.4. The molecule has 1 rings (SSSR count). The van der Waals surface area contributed by atoms with Gasteiger partial charge in [0.15, 0.2) is 0 Å². The number of aliphatic carboxylic acids is 1. The standard InChI is InChI=1S/C12H21N3O2S/c1-3-4-10(5-6-11(16)17)7-8-13-12-14-9(2)15-18-12/h10H,3-8H2,1-2H3,(H,16,17)(H,13,14,15). The number of carboxylic acid groups (broad SMARTS) is 1. The van der Waals surface area contributed by atoms with Gasteiger partial charge in [-0.2, -0.15) is 4.37 Å². The van der Waals surface area contributed by atoms with Gasteiger partial charge < -0.3 is 10.4 Å². The maximum absolute atomic E-state index is 10.6. The van der Waals surface area contributed by atoms with Crippen LogP contribution in [-0.2, 0) is 4.79 Å². The molecule has 1 heterocycles. The molecule has 2 N–H and O–H groups in total. The second-order valence-electron chi connectivity index (χ2n) is 4.45. The van der Waals surface area contributed by atoms with E-state index in [0.717, 1.165) is 43.2 Å². The molecule has 0 aliphatic carbocycles. The number of anilines is 1. The molecule has 0 saturated carbocycles. The van der Waals surface area contributed by atoms with Crippen molar-refractivity contribution < 1.29 is 9.90 Å². The highest BCUT2D eigenvalue weighted by Gasteiger charge is 2.10. The highest BCUT2D eigenvalue weighted by molar-refractivity contribution is 7.09. The zero-order valence-corrected chi connectivity index (χ0v) is 11.8. The highest BCUT2D eigenvalue weighted by atomic mass is 32.1. The first kappa shape index (κ1) is 14.9. The molecular weight excluding hydrogens is 250 g/mol. The fraction of sp³-hybridized carbons (Fsp3) is 0.750. The number of aryl methyl sites for hydroxylation is 1. The van der Waals surface area contributed by atoms with Crippen LogP contribution >= 0.6 is 11.5 Å². The molecule has 0 aliphatic rings. The van der Waals surface area contributed by atoms with E-state index in [1.807, 2.05) is 6.92 Å². The number of hydrogen-bond donors (Lipinski definition) is 2. The quantitative estimate of drug-likeness (QED) is 0.722. The van der Waals surface area contributed by atoms with Crippen LogP contribution in [0, 0.1) is 12.8 Å². The second kappa shape index (κ2) is 8.02. The molecule has 1 aromatic heterocycles. The minimum Gasteiger partial charge on any atom is -0.481 e. The Labute approximate surface area is 112 Å². The molecule has 1 aromatic rings. The molecule has 0 bridgehead atoms. The third-order valence-electron chi connectivity index (χ3n) is 2.82. The zero-order valence-electron chi connectivity index (χ0n) is 11.0. The first-order valence-corrected chi connectivity index (χ1v) is 7.15. The normalized spacial score (nSPS) is 12.3. The van der Waals surface area contributed by atoms with Crippen molar-refractivity contribution >= 4 is 22.6 Å². The molecule has 0 fully saturated rings. The minimum atomic E-state index is -0.705. The van der Waals surface area contributed by atoms with Crippen molar-refractivity contribution in [2.24, 2.45) is 5.92 Å². The monoisotopic (exact) mass is 271 g/mol. The summed E-state index contributed by atoms with van der Waals surface area (Å²) in [5.41, 5.74) is 0. The topological polar surface area (TPSA) is 75.1 Å². The molecule has 1 unspecified atom stereocenters. The number of carboxylic acids is 1. The number of rotatable bonds is 9. The number of aromatic nitrogens is 2. The third kappa shape index (κ3) is 5.95. The highest BCUT2D eigenvalue weighted by Crippen LogP contribution is 2.18. The molecular formula is C12H21N3O2S. The number of nitrogens with one attached hydrogen (secondary N) is 1. The lowest BCUT2D eigenvalue weighted by molar-refractivity contribution is -0.137. The summed E-state index contributed by atoms with van der Waals surface area (Å²) in [6, 6.07) is 0. The number of carbonyl (C=O) groups is 1. The van der Waals surface area contributed by atoms with Gasteiger partial charge in [-0.05, 0) is 25.7 Å². The van der Waals surface area contributed by atoms with Crippen LogP contribution in [-0.4, -0.2) is 27.0 Å². The van der Waals surface area contributed by atoms with E-state index in [1.165, 1.54) is 11.5 Å². The van der Waals surface area contributed by atoms with Crippen LogP contribution in [0.4, 0.5) is 5.13 Å². The largest absolute Gasteiger partial charge is 0.481 e. The van der Waals surface area contributed by atoms with Gasteiger partial charge in [-0.1, -0.05) is 19.8 Å². The van der Waals surface area contributed by atoms with Gasteiger partial charge in [0.25, 0.3) is 0 Å². The molecule has 0 saturated heterocycles. The van der Waals surface area contributed by atoms with Gasteiger partial charge in [-0.25, -0.2) is 4.98 Å². The molecule has 0 aromatic carbocycles. The fourth-order valence-electron chi connectivity index (χ4n) is 1.92. The Kier molecular flexibility index (Phi) is 6.64. The Balaban J connectivity index is 2.26. The van der Waals surface area contributed by atoms with Crippen molar-refractivity contribution in [1.29, 1.82) is 0 Å².